The van der Waals surface area contributed by atoms with E-state index in [1.54, 1.807) is 6.07 Å². The summed E-state index contributed by atoms with van der Waals surface area (Å²) in [7, 11) is 0. The highest BCUT2D eigenvalue weighted by atomic mass is 35.5. The Hall–Kier alpha value is -0.600. The summed E-state index contributed by atoms with van der Waals surface area (Å²) in [6.07, 6.45) is 6.43. The lowest BCUT2D eigenvalue weighted by Crippen LogP contribution is -2.37. The van der Waals surface area contributed by atoms with Crippen LogP contribution in [-0.2, 0) is 6.54 Å². The second-order valence-corrected chi connectivity index (χ2v) is 5.65. The van der Waals surface area contributed by atoms with Gasteiger partial charge in [0.2, 0.25) is 0 Å². The molecule has 1 N–H and O–H groups in total. The summed E-state index contributed by atoms with van der Waals surface area (Å²) in [5.41, 5.74) is 0.931. The van der Waals surface area contributed by atoms with Gasteiger partial charge in [0.1, 0.15) is 5.82 Å². The Labute approximate surface area is 114 Å². The number of hydrogen-bond donors (Lipinski definition) is 1. The van der Waals surface area contributed by atoms with Gasteiger partial charge in [0.05, 0.1) is 0 Å². The predicted molar refractivity (Wildman–Crippen MR) is 74.3 cm³/mol. The summed E-state index contributed by atoms with van der Waals surface area (Å²) in [5, 5.41) is 4.04. The van der Waals surface area contributed by atoms with E-state index in [1.807, 2.05) is 6.07 Å². The van der Waals surface area contributed by atoms with Crippen molar-refractivity contribution < 1.29 is 4.39 Å². The molecule has 100 valence electrons. The third-order valence-electron chi connectivity index (χ3n) is 3.92. The molecule has 2 atom stereocenters. The van der Waals surface area contributed by atoms with Crippen molar-refractivity contribution in [3.05, 3.63) is 34.6 Å². The van der Waals surface area contributed by atoms with Gasteiger partial charge >= 0.3 is 0 Å². The van der Waals surface area contributed by atoms with Crippen LogP contribution in [0.4, 0.5) is 4.39 Å². The number of rotatable bonds is 4. The van der Waals surface area contributed by atoms with E-state index in [0.717, 1.165) is 11.5 Å². The molecule has 1 nitrogen and oxygen atoms in total. The lowest BCUT2D eigenvalue weighted by atomic mass is 9.83. The average Bonchev–Trinajstić information content (AvgIpc) is 2.35. The Bertz CT molecular complexity index is 374. The molecule has 1 aliphatic carbocycles. The second kappa shape index (κ2) is 6.53. The summed E-state index contributed by atoms with van der Waals surface area (Å²) >= 11 is 5.86. The fourth-order valence-corrected chi connectivity index (χ4v) is 3.17. The maximum absolute atomic E-state index is 13.2. The van der Waals surface area contributed by atoms with Crippen molar-refractivity contribution in [2.45, 2.75) is 51.6 Å². The summed E-state index contributed by atoms with van der Waals surface area (Å²) in [6.45, 7) is 2.96. The smallest absolute Gasteiger partial charge is 0.125 e. The van der Waals surface area contributed by atoms with Crippen molar-refractivity contribution in [2.24, 2.45) is 5.92 Å². The molecule has 0 bridgehead atoms. The van der Waals surface area contributed by atoms with Crippen molar-refractivity contribution in [3.63, 3.8) is 0 Å². The molecule has 2 unspecified atom stereocenters. The first-order valence-electron chi connectivity index (χ1n) is 6.87. The molecule has 0 heterocycles. The zero-order valence-electron chi connectivity index (χ0n) is 10.9. The van der Waals surface area contributed by atoms with E-state index >= 15 is 0 Å². The molecule has 1 aromatic carbocycles. The van der Waals surface area contributed by atoms with Crippen molar-refractivity contribution in [1.82, 2.24) is 5.32 Å². The molecule has 2 rings (SSSR count). The maximum atomic E-state index is 13.2. The highest BCUT2D eigenvalue weighted by Crippen LogP contribution is 2.27. The van der Waals surface area contributed by atoms with Gasteiger partial charge in [-0.05, 0) is 42.5 Å². The van der Waals surface area contributed by atoms with Crippen LogP contribution in [0.1, 0.15) is 44.6 Å². The minimum Gasteiger partial charge on any atom is -0.310 e. The Morgan fingerprint density at radius 3 is 2.78 bits per heavy atom. The van der Waals surface area contributed by atoms with Crippen LogP contribution >= 0.6 is 11.6 Å². The van der Waals surface area contributed by atoms with E-state index in [0.29, 0.717) is 17.6 Å². The van der Waals surface area contributed by atoms with Gasteiger partial charge in [-0.1, -0.05) is 37.8 Å². The molecule has 0 spiro atoms. The van der Waals surface area contributed by atoms with Gasteiger partial charge in [0.25, 0.3) is 0 Å². The first-order chi connectivity index (χ1) is 8.69. The average molecular weight is 270 g/mol. The van der Waals surface area contributed by atoms with Gasteiger partial charge in [-0.25, -0.2) is 4.39 Å². The van der Waals surface area contributed by atoms with Crippen LogP contribution in [0.2, 0.25) is 5.02 Å². The SMILES string of the molecule is CCC1CCCCC1NCc1cc(F)cc(Cl)c1. The number of nitrogens with one attached hydrogen (secondary N) is 1. The van der Waals surface area contributed by atoms with Crippen LogP contribution in [0.5, 0.6) is 0 Å². The lowest BCUT2D eigenvalue weighted by Gasteiger charge is -2.31. The van der Waals surface area contributed by atoms with Crippen molar-refractivity contribution in [3.8, 4) is 0 Å². The third-order valence-corrected chi connectivity index (χ3v) is 4.14. The third kappa shape index (κ3) is 3.69. The van der Waals surface area contributed by atoms with Crippen LogP contribution in [0.15, 0.2) is 18.2 Å². The summed E-state index contributed by atoms with van der Waals surface area (Å²) in [4.78, 5) is 0. The largest absolute Gasteiger partial charge is 0.310 e. The molecule has 0 amide bonds. The Kier molecular flexibility index (Phi) is 5.02. The molecular formula is C15H21ClFN. The Morgan fingerprint density at radius 2 is 2.06 bits per heavy atom. The van der Waals surface area contributed by atoms with Crippen molar-refractivity contribution >= 4 is 11.6 Å². The molecule has 0 saturated heterocycles. The Morgan fingerprint density at radius 1 is 1.28 bits per heavy atom. The molecule has 1 saturated carbocycles. The summed E-state index contributed by atoms with van der Waals surface area (Å²) < 4.78 is 13.2. The van der Waals surface area contributed by atoms with Gasteiger partial charge in [-0.15, -0.1) is 0 Å². The molecule has 3 heteroatoms. The fraction of sp³-hybridized carbons (Fsp3) is 0.600. The zero-order valence-corrected chi connectivity index (χ0v) is 11.6. The first kappa shape index (κ1) is 13.8. The van der Waals surface area contributed by atoms with E-state index in [9.17, 15) is 4.39 Å². The van der Waals surface area contributed by atoms with Crippen LogP contribution < -0.4 is 5.32 Å². The highest BCUT2D eigenvalue weighted by molar-refractivity contribution is 6.30. The molecule has 0 aliphatic heterocycles. The standard InChI is InChI=1S/C15H21ClFN/c1-2-12-5-3-4-6-15(12)18-10-11-7-13(16)9-14(17)8-11/h7-9,12,15,18H,2-6,10H2,1H3. The molecule has 18 heavy (non-hydrogen) atoms. The topological polar surface area (TPSA) is 12.0 Å². The van der Waals surface area contributed by atoms with Crippen molar-refractivity contribution in [2.75, 3.05) is 0 Å². The van der Waals surface area contributed by atoms with E-state index < -0.39 is 0 Å². The quantitative estimate of drug-likeness (QED) is 0.846. The molecule has 0 aromatic heterocycles. The molecular weight excluding hydrogens is 249 g/mol. The van der Waals surface area contributed by atoms with Gasteiger partial charge in [-0.3, -0.25) is 0 Å². The first-order valence-corrected chi connectivity index (χ1v) is 7.25. The van der Waals surface area contributed by atoms with Crippen LogP contribution in [0.3, 0.4) is 0 Å². The molecule has 1 aliphatic rings. The van der Waals surface area contributed by atoms with Crippen molar-refractivity contribution in [1.29, 1.82) is 0 Å². The molecule has 1 fully saturated rings. The van der Waals surface area contributed by atoms with Crippen LogP contribution in [0.25, 0.3) is 0 Å². The minimum absolute atomic E-state index is 0.255. The van der Waals surface area contributed by atoms with Gasteiger partial charge < -0.3 is 5.32 Å². The monoisotopic (exact) mass is 269 g/mol. The van der Waals surface area contributed by atoms with E-state index in [2.05, 4.69) is 12.2 Å². The number of hydrogen-bond acceptors (Lipinski definition) is 1. The maximum Gasteiger partial charge on any atom is 0.125 e. The van der Waals surface area contributed by atoms with E-state index in [4.69, 9.17) is 11.6 Å². The lowest BCUT2D eigenvalue weighted by molar-refractivity contribution is 0.254. The predicted octanol–water partition coefficient (Wildman–Crippen LogP) is 4.54. The van der Waals surface area contributed by atoms with E-state index in [-0.39, 0.29) is 5.82 Å². The van der Waals surface area contributed by atoms with Gasteiger partial charge in [0, 0.05) is 17.6 Å². The van der Waals surface area contributed by atoms with Crippen LogP contribution in [-0.4, -0.2) is 6.04 Å². The number of halogens is 2. The van der Waals surface area contributed by atoms with E-state index in [1.165, 1.54) is 38.2 Å². The molecule has 0 radical (unpaired) electrons. The number of benzene rings is 1. The fourth-order valence-electron chi connectivity index (χ4n) is 2.93. The summed E-state index contributed by atoms with van der Waals surface area (Å²) in [5.74, 6) is 0.512. The molecule has 1 aromatic rings. The normalized spacial score (nSPS) is 24.2. The highest BCUT2D eigenvalue weighted by Gasteiger charge is 2.22. The zero-order chi connectivity index (χ0) is 13.0. The van der Waals surface area contributed by atoms with Gasteiger partial charge in [0.15, 0.2) is 0 Å². The van der Waals surface area contributed by atoms with Gasteiger partial charge in [-0.2, -0.15) is 0 Å². The second-order valence-electron chi connectivity index (χ2n) is 5.22. The summed E-state index contributed by atoms with van der Waals surface area (Å²) in [6, 6.07) is 5.32. The van der Waals surface area contributed by atoms with Crippen LogP contribution in [0, 0.1) is 11.7 Å². The minimum atomic E-state index is -0.255. The Balaban J connectivity index is 1.93.